The van der Waals surface area contributed by atoms with Gasteiger partial charge in [0.2, 0.25) is 5.91 Å². The Kier molecular flexibility index (Phi) is 3.39. The first-order chi connectivity index (χ1) is 6.26. The van der Waals surface area contributed by atoms with Crippen LogP contribution in [0.1, 0.15) is 12.1 Å². The Labute approximate surface area is 76.1 Å². The SMILES string of the molecule is CNC(=O)CCn1cc(CN)nn1. The van der Waals surface area contributed by atoms with Gasteiger partial charge in [-0.15, -0.1) is 5.10 Å². The van der Waals surface area contributed by atoms with E-state index < -0.39 is 0 Å². The van der Waals surface area contributed by atoms with Gasteiger partial charge in [-0.05, 0) is 0 Å². The molecule has 0 radical (unpaired) electrons. The molecule has 0 aromatic carbocycles. The third kappa shape index (κ3) is 2.83. The Morgan fingerprint density at radius 3 is 3.08 bits per heavy atom. The zero-order valence-electron chi connectivity index (χ0n) is 7.53. The first-order valence-corrected chi connectivity index (χ1v) is 4.06. The molecule has 0 unspecified atom stereocenters. The van der Waals surface area contributed by atoms with Crippen LogP contribution in [0.3, 0.4) is 0 Å². The summed E-state index contributed by atoms with van der Waals surface area (Å²) in [5, 5.41) is 10.1. The van der Waals surface area contributed by atoms with Crippen molar-refractivity contribution in [2.45, 2.75) is 19.5 Å². The van der Waals surface area contributed by atoms with Crippen LogP contribution in [0.5, 0.6) is 0 Å². The van der Waals surface area contributed by atoms with Crippen LogP contribution in [-0.2, 0) is 17.9 Å². The molecule has 1 rings (SSSR count). The second-order valence-corrected chi connectivity index (χ2v) is 2.60. The molecule has 0 saturated carbocycles. The van der Waals surface area contributed by atoms with Crippen molar-refractivity contribution in [3.05, 3.63) is 11.9 Å². The van der Waals surface area contributed by atoms with Crippen molar-refractivity contribution in [1.29, 1.82) is 0 Å². The van der Waals surface area contributed by atoms with Crippen molar-refractivity contribution < 1.29 is 4.79 Å². The van der Waals surface area contributed by atoms with Gasteiger partial charge in [0.1, 0.15) is 0 Å². The lowest BCUT2D eigenvalue weighted by Gasteiger charge is -1.98. The van der Waals surface area contributed by atoms with E-state index in [1.54, 1.807) is 17.9 Å². The van der Waals surface area contributed by atoms with Crippen LogP contribution in [0.2, 0.25) is 0 Å². The molecule has 1 aromatic rings. The molecule has 0 spiro atoms. The molecule has 6 heteroatoms. The van der Waals surface area contributed by atoms with Crippen molar-refractivity contribution in [3.63, 3.8) is 0 Å². The molecule has 0 aliphatic rings. The van der Waals surface area contributed by atoms with E-state index in [9.17, 15) is 4.79 Å². The number of aromatic nitrogens is 3. The predicted molar refractivity (Wildman–Crippen MR) is 46.6 cm³/mol. The lowest BCUT2D eigenvalue weighted by Crippen LogP contribution is -2.19. The highest BCUT2D eigenvalue weighted by atomic mass is 16.1. The van der Waals surface area contributed by atoms with E-state index >= 15 is 0 Å². The number of rotatable bonds is 4. The summed E-state index contributed by atoms with van der Waals surface area (Å²) >= 11 is 0. The molecule has 13 heavy (non-hydrogen) atoms. The molecular weight excluding hydrogens is 170 g/mol. The number of nitrogens with zero attached hydrogens (tertiary/aromatic N) is 3. The molecular formula is C7H13N5O. The fourth-order valence-corrected chi connectivity index (χ4v) is 0.882. The molecule has 1 aromatic heterocycles. The van der Waals surface area contributed by atoms with Gasteiger partial charge in [-0.25, -0.2) is 0 Å². The van der Waals surface area contributed by atoms with Crippen molar-refractivity contribution in [2.24, 2.45) is 5.73 Å². The fraction of sp³-hybridized carbons (Fsp3) is 0.571. The number of carbonyl (C=O) groups is 1. The summed E-state index contributed by atoms with van der Waals surface area (Å²) in [6, 6.07) is 0. The maximum Gasteiger partial charge on any atom is 0.221 e. The first-order valence-electron chi connectivity index (χ1n) is 4.06. The van der Waals surface area contributed by atoms with Crippen LogP contribution in [0, 0.1) is 0 Å². The Morgan fingerprint density at radius 2 is 2.54 bits per heavy atom. The van der Waals surface area contributed by atoms with Crippen LogP contribution < -0.4 is 11.1 Å². The summed E-state index contributed by atoms with van der Waals surface area (Å²) in [5.74, 6) is -0.00945. The maximum atomic E-state index is 10.9. The van der Waals surface area contributed by atoms with Gasteiger partial charge in [-0.1, -0.05) is 5.21 Å². The number of nitrogens with one attached hydrogen (secondary N) is 1. The van der Waals surface area contributed by atoms with E-state index in [1.807, 2.05) is 0 Å². The summed E-state index contributed by atoms with van der Waals surface area (Å²) in [6.45, 7) is 0.909. The molecule has 0 aliphatic heterocycles. The van der Waals surface area contributed by atoms with Crippen molar-refractivity contribution >= 4 is 5.91 Å². The summed E-state index contributed by atoms with van der Waals surface area (Å²) in [7, 11) is 1.61. The van der Waals surface area contributed by atoms with Crippen molar-refractivity contribution in [1.82, 2.24) is 20.3 Å². The summed E-state index contributed by atoms with van der Waals surface area (Å²) in [5.41, 5.74) is 6.08. The third-order valence-corrected chi connectivity index (χ3v) is 1.64. The van der Waals surface area contributed by atoms with Crippen LogP contribution in [0.15, 0.2) is 6.20 Å². The normalized spacial score (nSPS) is 10.0. The van der Waals surface area contributed by atoms with E-state index in [4.69, 9.17) is 5.73 Å². The zero-order valence-corrected chi connectivity index (χ0v) is 7.53. The Morgan fingerprint density at radius 1 is 1.77 bits per heavy atom. The van der Waals surface area contributed by atoms with E-state index in [1.165, 1.54) is 0 Å². The molecule has 0 bridgehead atoms. The van der Waals surface area contributed by atoms with Gasteiger partial charge in [-0.3, -0.25) is 9.48 Å². The van der Waals surface area contributed by atoms with E-state index in [2.05, 4.69) is 15.6 Å². The molecule has 1 amide bonds. The highest BCUT2D eigenvalue weighted by molar-refractivity contribution is 5.75. The number of aryl methyl sites for hydroxylation is 1. The largest absolute Gasteiger partial charge is 0.359 e. The molecule has 0 atom stereocenters. The van der Waals surface area contributed by atoms with Crippen LogP contribution >= 0.6 is 0 Å². The Hall–Kier alpha value is -1.43. The third-order valence-electron chi connectivity index (χ3n) is 1.64. The molecule has 0 fully saturated rings. The number of amides is 1. The number of carbonyl (C=O) groups excluding carboxylic acids is 1. The van der Waals surface area contributed by atoms with Crippen LogP contribution in [0.4, 0.5) is 0 Å². The Balaban J connectivity index is 2.41. The molecule has 0 aliphatic carbocycles. The maximum absolute atomic E-state index is 10.9. The topological polar surface area (TPSA) is 85.8 Å². The second-order valence-electron chi connectivity index (χ2n) is 2.60. The Bertz CT molecular complexity index is 282. The molecule has 3 N–H and O–H groups in total. The summed E-state index contributed by atoms with van der Waals surface area (Å²) in [6.07, 6.45) is 2.15. The minimum atomic E-state index is -0.00945. The minimum absolute atomic E-state index is 0.00945. The second kappa shape index (κ2) is 4.56. The van der Waals surface area contributed by atoms with Gasteiger partial charge in [0, 0.05) is 26.2 Å². The van der Waals surface area contributed by atoms with Crippen LogP contribution in [0.25, 0.3) is 0 Å². The lowest BCUT2D eigenvalue weighted by atomic mass is 10.4. The van der Waals surface area contributed by atoms with Crippen LogP contribution in [-0.4, -0.2) is 27.9 Å². The van der Waals surface area contributed by atoms with Gasteiger partial charge in [0.05, 0.1) is 12.2 Å². The average Bonchev–Trinajstić information content (AvgIpc) is 2.61. The number of nitrogens with two attached hydrogens (primary N) is 1. The van der Waals surface area contributed by atoms with E-state index in [0.29, 0.717) is 19.5 Å². The smallest absolute Gasteiger partial charge is 0.221 e. The highest BCUT2D eigenvalue weighted by Gasteiger charge is 2.01. The zero-order chi connectivity index (χ0) is 9.68. The van der Waals surface area contributed by atoms with Gasteiger partial charge in [0.25, 0.3) is 0 Å². The van der Waals surface area contributed by atoms with E-state index in [0.717, 1.165) is 5.69 Å². The van der Waals surface area contributed by atoms with Gasteiger partial charge < -0.3 is 11.1 Å². The molecule has 72 valence electrons. The fourth-order valence-electron chi connectivity index (χ4n) is 0.882. The number of hydrogen-bond donors (Lipinski definition) is 2. The summed E-state index contributed by atoms with van der Waals surface area (Å²) in [4.78, 5) is 10.9. The highest BCUT2D eigenvalue weighted by Crippen LogP contribution is 1.92. The summed E-state index contributed by atoms with van der Waals surface area (Å²) < 4.78 is 1.61. The molecule has 0 saturated heterocycles. The monoisotopic (exact) mass is 183 g/mol. The molecule has 6 nitrogen and oxygen atoms in total. The standard InChI is InChI=1S/C7H13N5O/c1-9-7(13)2-3-12-5-6(4-8)10-11-12/h5H,2-4,8H2,1H3,(H,9,13). The molecule has 1 heterocycles. The van der Waals surface area contributed by atoms with E-state index in [-0.39, 0.29) is 5.91 Å². The van der Waals surface area contributed by atoms with Crippen molar-refractivity contribution in [3.8, 4) is 0 Å². The van der Waals surface area contributed by atoms with Gasteiger partial charge >= 0.3 is 0 Å². The minimum Gasteiger partial charge on any atom is -0.359 e. The average molecular weight is 183 g/mol. The van der Waals surface area contributed by atoms with Crippen molar-refractivity contribution in [2.75, 3.05) is 7.05 Å². The van der Waals surface area contributed by atoms with Gasteiger partial charge in [0.15, 0.2) is 0 Å². The predicted octanol–water partition coefficient (Wildman–Crippen LogP) is -1.13. The first kappa shape index (κ1) is 9.66. The quantitative estimate of drug-likeness (QED) is 0.618. The van der Waals surface area contributed by atoms with Gasteiger partial charge in [-0.2, -0.15) is 0 Å². The lowest BCUT2D eigenvalue weighted by molar-refractivity contribution is -0.120. The number of hydrogen-bond acceptors (Lipinski definition) is 4.